The second kappa shape index (κ2) is 6.01. The molecule has 0 aliphatic carbocycles. The zero-order valence-electron chi connectivity index (χ0n) is 11.4. The highest BCUT2D eigenvalue weighted by molar-refractivity contribution is 5.91. The predicted molar refractivity (Wildman–Crippen MR) is 76.5 cm³/mol. The van der Waals surface area contributed by atoms with Gasteiger partial charge in [-0.2, -0.15) is 4.98 Å². The summed E-state index contributed by atoms with van der Waals surface area (Å²) in [6.45, 7) is 1.80. The van der Waals surface area contributed by atoms with E-state index in [1.165, 1.54) is 7.11 Å². The van der Waals surface area contributed by atoms with Crippen LogP contribution in [0.1, 0.15) is 11.3 Å². The number of methoxy groups -OCH3 is 1. The number of aromatic nitrogens is 2. The van der Waals surface area contributed by atoms with Gasteiger partial charge in [0.1, 0.15) is 0 Å². The summed E-state index contributed by atoms with van der Waals surface area (Å²) in [5.41, 5.74) is 7.87. The van der Waals surface area contributed by atoms with Crippen LogP contribution in [0.4, 0.5) is 11.6 Å². The number of benzene rings is 1. The maximum absolute atomic E-state index is 12.0. The van der Waals surface area contributed by atoms with Crippen molar-refractivity contribution in [1.82, 2.24) is 9.97 Å². The molecule has 2 aromatic rings. The van der Waals surface area contributed by atoms with E-state index in [0.717, 1.165) is 5.56 Å². The van der Waals surface area contributed by atoms with Crippen LogP contribution in [-0.4, -0.2) is 23.0 Å². The zero-order chi connectivity index (χ0) is 14.5. The fourth-order valence-corrected chi connectivity index (χ4v) is 1.74. The third kappa shape index (κ3) is 3.44. The fraction of sp³-hybridized carbons (Fsp3) is 0.214. The summed E-state index contributed by atoms with van der Waals surface area (Å²) in [5.74, 6) is 0.406. The molecule has 2 rings (SSSR count). The lowest BCUT2D eigenvalue weighted by Crippen LogP contribution is -2.17. The van der Waals surface area contributed by atoms with Crippen molar-refractivity contribution >= 4 is 17.5 Å². The second-order valence-corrected chi connectivity index (χ2v) is 4.30. The van der Waals surface area contributed by atoms with Crippen molar-refractivity contribution in [2.75, 3.05) is 18.2 Å². The molecule has 0 fully saturated rings. The lowest BCUT2D eigenvalue weighted by Gasteiger charge is -2.07. The van der Waals surface area contributed by atoms with Crippen molar-refractivity contribution in [3.8, 4) is 5.88 Å². The Morgan fingerprint density at radius 1 is 1.35 bits per heavy atom. The van der Waals surface area contributed by atoms with Crippen molar-refractivity contribution in [1.29, 1.82) is 0 Å². The third-order valence-corrected chi connectivity index (χ3v) is 2.70. The molecule has 3 N–H and O–H groups in total. The maximum atomic E-state index is 12.0. The van der Waals surface area contributed by atoms with Gasteiger partial charge in [0.25, 0.3) is 0 Å². The molecular weight excluding hydrogens is 256 g/mol. The topological polar surface area (TPSA) is 90.1 Å². The number of rotatable bonds is 4. The molecular formula is C14H16N4O2. The molecule has 1 aromatic heterocycles. The Morgan fingerprint density at radius 3 is 2.80 bits per heavy atom. The summed E-state index contributed by atoms with van der Waals surface area (Å²) >= 11 is 0. The van der Waals surface area contributed by atoms with Crippen molar-refractivity contribution in [3.05, 3.63) is 41.6 Å². The number of nitrogens with zero attached hydrogens (tertiary/aromatic N) is 2. The van der Waals surface area contributed by atoms with Gasteiger partial charge in [-0.1, -0.05) is 18.2 Å². The number of carbonyl (C=O) groups excluding carboxylic acids is 1. The van der Waals surface area contributed by atoms with Crippen LogP contribution in [0.2, 0.25) is 0 Å². The summed E-state index contributed by atoms with van der Waals surface area (Å²) in [6.07, 6.45) is 0.173. The first-order chi connectivity index (χ1) is 9.58. The van der Waals surface area contributed by atoms with Gasteiger partial charge in [-0.25, -0.2) is 4.98 Å². The average Bonchev–Trinajstić information content (AvgIpc) is 2.40. The summed E-state index contributed by atoms with van der Waals surface area (Å²) in [5, 5.41) is 2.64. The Morgan fingerprint density at radius 2 is 2.10 bits per heavy atom. The molecule has 6 heteroatoms. The van der Waals surface area contributed by atoms with Crippen LogP contribution in [-0.2, 0) is 11.2 Å². The molecule has 0 unspecified atom stereocenters. The molecule has 1 aromatic carbocycles. The largest absolute Gasteiger partial charge is 0.481 e. The Hall–Kier alpha value is -2.63. The number of ether oxygens (including phenoxy) is 1. The summed E-state index contributed by atoms with van der Waals surface area (Å²) in [7, 11) is 1.51. The van der Waals surface area contributed by atoms with Gasteiger partial charge >= 0.3 is 0 Å². The molecule has 0 saturated heterocycles. The molecule has 0 aliphatic rings. The van der Waals surface area contributed by atoms with Crippen LogP contribution in [0.5, 0.6) is 5.88 Å². The van der Waals surface area contributed by atoms with E-state index in [0.29, 0.717) is 17.3 Å². The third-order valence-electron chi connectivity index (χ3n) is 2.70. The predicted octanol–water partition coefficient (Wildman–Crippen LogP) is 1.56. The van der Waals surface area contributed by atoms with E-state index in [9.17, 15) is 4.79 Å². The standard InChI is InChI=1S/C14H16N4O2/c1-9-7-13(20-2)18-14(16-9)17-12(19)8-10-5-3-4-6-11(10)15/h3-7H,8,15H2,1-2H3,(H,16,17,18,19). The van der Waals surface area contributed by atoms with Gasteiger partial charge in [0, 0.05) is 17.4 Å². The Balaban J connectivity index is 2.08. The first-order valence-electron chi connectivity index (χ1n) is 6.11. The van der Waals surface area contributed by atoms with Crippen LogP contribution in [0.3, 0.4) is 0 Å². The quantitative estimate of drug-likeness (QED) is 0.824. The first-order valence-corrected chi connectivity index (χ1v) is 6.11. The van der Waals surface area contributed by atoms with Gasteiger partial charge < -0.3 is 10.5 Å². The normalized spacial score (nSPS) is 10.1. The van der Waals surface area contributed by atoms with E-state index in [2.05, 4.69) is 15.3 Å². The van der Waals surface area contributed by atoms with E-state index in [1.54, 1.807) is 19.1 Å². The van der Waals surface area contributed by atoms with Crippen LogP contribution in [0.15, 0.2) is 30.3 Å². The number of nitrogens with one attached hydrogen (secondary N) is 1. The minimum Gasteiger partial charge on any atom is -0.481 e. The number of hydrogen-bond donors (Lipinski definition) is 2. The smallest absolute Gasteiger partial charge is 0.232 e. The van der Waals surface area contributed by atoms with Crippen LogP contribution in [0, 0.1) is 6.92 Å². The lowest BCUT2D eigenvalue weighted by atomic mass is 10.1. The van der Waals surface area contributed by atoms with Crippen LogP contribution >= 0.6 is 0 Å². The van der Waals surface area contributed by atoms with E-state index in [-0.39, 0.29) is 18.3 Å². The van der Waals surface area contributed by atoms with Crippen molar-refractivity contribution < 1.29 is 9.53 Å². The SMILES string of the molecule is COc1cc(C)nc(NC(=O)Cc2ccccc2N)n1. The maximum Gasteiger partial charge on any atom is 0.232 e. The van der Waals surface area contributed by atoms with Gasteiger partial charge in [0.2, 0.25) is 17.7 Å². The van der Waals surface area contributed by atoms with Gasteiger partial charge in [0.05, 0.1) is 13.5 Å². The molecule has 0 atom stereocenters. The number of aryl methyl sites for hydroxylation is 1. The average molecular weight is 272 g/mol. The van der Waals surface area contributed by atoms with E-state index in [4.69, 9.17) is 10.5 Å². The molecule has 1 heterocycles. The highest BCUT2D eigenvalue weighted by atomic mass is 16.5. The van der Waals surface area contributed by atoms with Gasteiger partial charge in [-0.15, -0.1) is 0 Å². The molecule has 0 radical (unpaired) electrons. The molecule has 0 aliphatic heterocycles. The summed E-state index contributed by atoms with van der Waals surface area (Å²) in [6, 6.07) is 8.92. The molecule has 6 nitrogen and oxygen atoms in total. The Bertz CT molecular complexity index is 628. The number of hydrogen-bond acceptors (Lipinski definition) is 5. The molecule has 0 bridgehead atoms. The molecule has 1 amide bonds. The highest BCUT2D eigenvalue weighted by Gasteiger charge is 2.09. The van der Waals surface area contributed by atoms with Crippen molar-refractivity contribution in [2.24, 2.45) is 0 Å². The second-order valence-electron chi connectivity index (χ2n) is 4.30. The highest BCUT2D eigenvalue weighted by Crippen LogP contribution is 2.14. The van der Waals surface area contributed by atoms with Gasteiger partial charge in [-0.3, -0.25) is 10.1 Å². The lowest BCUT2D eigenvalue weighted by molar-refractivity contribution is -0.115. The Kier molecular flexibility index (Phi) is 4.14. The molecule has 20 heavy (non-hydrogen) atoms. The van der Waals surface area contributed by atoms with E-state index >= 15 is 0 Å². The summed E-state index contributed by atoms with van der Waals surface area (Å²) < 4.78 is 5.03. The van der Waals surface area contributed by atoms with Crippen molar-refractivity contribution in [2.45, 2.75) is 13.3 Å². The first kappa shape index (κ1) is 13.8. The monoisotopic (exact) mass is 272 g/mol. The van der Waals surface area contributed by atoms with Gasteiger partial charge in [-0.05, 0) is 18.6 Å². The number of nitrogens with two attached hydrogens (primary N) is 1. The Labute approximate surface area is 117 Å². The number of nitrogen functional groups attached to an aromatic ring is 1. The fourth-order valence-electron chi connectivity index (χ4n) is 1.74. The molecule has 0 spiro atoms. The number of para-hydroxylation sites is 1. The number of anilines is 2. The minimum atomic E-state index is -0.226. The summed E-state index contributed by atoms with van der Waals surface area (Å²) in [4.78, 5) is 20.1. The molecule has 0 saturated carbocycles. The number of carbonyl (C=O) groups is 1. The minimum absolute atomic E-state index is 0.173. The number of amides is 1. The van der Waals surface area contributed by atoms with E-state index in [1.807, 2.05) is 18.2 Å². The van der Waals surface area contributed by atoms with Crippen LogP contribution < -0.4 is 15.8 Å². The van der Waals surface area contributed by atoms with Crippen LogP contribution in [0.25, 0.3) is 0 Å². The van der Waals surface area contributed by atoms with Crippen molar-refractivity contribution in [3.63, 3.8) is 0 Å². The van der Waals surface area contributed by atoms with E-state index < -0.39 is 0 Å². The van der Waals surface area contributed by atoms with Gasteiger partial charge in [0.15, 0.2) is 0 Å². The molecule has 104 valence electrons. The zero-order valence-corrected chi connectivity index (χ0v) is 11.4.